The highest BCUT2D eigenvalue weighted by atomic mass is 32.1. The molecular formula is C8H7O2S. The Kier molecular flexibility index (Phi) is 2.44. The Hall–Kier alpha value is -1.09. The van der Waals surface area contributed by atoms with Gasteiger partial charge in [0.1, 0.15) is 5.75 Å². The Morgan fingerprint density at radius 2 is 2.09 bits per heavy atom. The summed E-state index contributed by atoms with van der Waals surface area (Å²) < 4.78 is 4.72. The molecule has 2 nitrogen and oxygen atoms in total. The third kappa shape index (κ3) is 2.20. The number of hydrogen-bond donors (Lipinski definition) is 0. The molecule has 0 unspecified atom stereocenters. The predicted molar refractivity (Wildman–Crippen MR) is 44.8 cm³/mol. The number of carbonyl (C=O) groups is 1. The Labute approximate surface area is 70.6 Å². The summed E-state index contributed by atoms with van der Waals surface area (Å²) in [6.45, 7) is 1.85. The van der Waals surface area contributed by atoms with Crippen LogP contribution in [0, 0.1) is 6.92 Å². The number of aryl methyl sites for hydroxylation is 1. The van der Waals surface area contributed by atoms with Crippen LogP contribution in [0.15, 0.2) is 24.3 Å². The van der Waals surface area contributed by atoms with Gasteiger partial charge in [-0.3, -0.25) is 0 Å². The monoisotopic (exact) mass is 167 g/mol. The van der Waals surface area contributed by atoms with Crippen molar-refractivity contribution in [3.63, 3.8) is 0 Å². The van der Waals surface area contributed by atoms with Gasteiger partial charge in [0.15, 0.2) is 0 Å². The van der Waals surface area contributed by atoms with E-state index in [0.717, 1.165) is 5.56 Å². The van der Waals surface area contributed by atoms with Crippen molar-refractivity contribution in [3.8, 4) is 5.75 Å². The minimum Gasteiger partial charge on any atom is -0.415 e. The number of hydrogen-bond acceptors (Lipinski definition) is 2. The van der Waals surface area contributed by atoms with E-state index in [1.165, 1.54) is 0 Å². The summed E-state index contributed by atoms with van der Waals surface area (Å²) in [5, 5.41) is -0.695. The van der Waals surface area contributed by atoms with Crippen LogP contribution in [-0.2, 0) is 0 Å². The molecule has 0 saturated heterocycles. The van der Waals surface area contributed by atoms with Gasteiger partial charge in [0.05, 0.1) is 0 Å². The van der Waals surface area contributed by atoms with Crippen LogP contribution in [0.25, 0.3) is 0 Å². The lowest BCUT2D eigenvalue weighted by molar-refractivity contribution is 0.227. The Morgan fingerprint density at radius 3 is 2.64 bits per heavy atom. The zero-order valence-electron chi connectivity index (χ0n) is 6.03. The van der Waals surface area contributed by atoms with Gasteiger partial charge >= 0.3 is 5.30 Å². The molecule has 1 radical (unpaired) electrons. The highest BCUT2D eigenvalue weighted by molar-refractivity contribution is 7.96. The number of carbonyl (C=O) groups excluding carboxylic acids is 1. The smallest absolute Gasteiger partial charge is 0.405 e. The molecular weight excluding hydrogens is 160 g/mol. The summed E-state index contributed by atoms with van der Waals surface area (Å²) in [7, 11) is 0. The maximum Gasteiger partial charge on any atom is 0.405 e. The van der Waals surface area contributed by atoms with Crippen LogP contribution in [0.5, 0.6) is 5.75 Å². The van der Waals surface area contributed by atoms with E-state index in [1.54, 1.807) is 12.1 Å². The lowest BCUT2D eigenvalue weighted by Gasteiger charge is -2.01. The average Bonchev–Trinajstić information content (AvgIpc) is 1.93. The van der Waals surface area contributed by atoms with Crippen LogP contribution in [-0.4, -0.2) is 5.30 Å². The molecule has 0 atom stereocenters. The van der Waals surface area contributed by atoms with Crippen molar-refractivity contribution in [3.05, 3.63) is 29.8 Å². The first-order valence-corrected chi connectivity index (χ1v) is 3.55. The maximum absolute atomic E-state index is 10.4. The van der Waals surface area contributed by atoms with Gasteiger partial charge in [-0.05, 0) is 18.6 Å². The van der Waals surface area contributed by atoms with E-state index in [1.807, 2.05) is 19.1 Å². The summed E-state index contributed by atoms with van der Waals surface area (Å²) in [6, 6.07) is 7.23. The van der Waals surface area contributed by atoms with Gasteiger partial charge in [0.2, 0.25) is 0 Å². The molecule has 0 aliphatic rings. The summed E-state index contributed by atoms with van der Waals surface area (Å²) >= 11 is 4.26. The number of benzene rings is 1. The zero-order valence-corrected chi connectivity index (χ0v) is 6.85. The molecule has 0 fully saturated rings. The van der Waals surface area contributed by atoms with Crippen LogP contribution in [0.2, 0.25) is 0 Å². The van der Waals surface area contributed by atoms with Crippen LogP contribution < -0.4 is 4.74 Å². The Balaban J connectivity index is 2.86. The van der Waals surface area contributed by atoms with Crippen molar-refractivity contribution in [1.29, 1.82) is 0 Å². The molecule has 3 heteroatoms. The lowest BCUT2D eigenvalue weighted by Crippen LogP contribution is -1.97. The minimum atomic E-state index is -0.695. The van der Waals surface area contributed by atoms with E-state index in [0.29, 0.717) is 5.75 Å². The summed E-state index contributed by atoms with van der Waals surface area (Å²) in [5.74, 6) is 0.535. The van der Waals surface area contributed by atoms with Crippen molar-refractivity contribution < 1.29 is 9.53 Å². The SMILES string of the molecule is Cc1ccccc1OC(=O)[S]. The highest BCUT2D eigenvalue weighted by Gasteiger charge is 2.00. The molecule has 0 aliphatic heterocycles. The van der Waals surface area contributed by atoms with Crippen LogP contribution in [0.3, 0.4) is 0 Å². The van der Waals surface area contributed by atoms with E-state index in [4.69, 9.17) is 4.74 Å². The number of ether oxygens (including phenoxy) is 1. The zero-order chi connectivity index (χ0) is 8.27. The van der Waals surface area contributed by atoms with Gasteiger partial charge in [-0.15, -0.1) is 0 Å². The van der Waals surface area contributed by atoms with E-state index in [2.05, 4.69) is 12.6 Å². The predicted octanol–water partition coefficient (Wildman–Crippen LogP) is 2.69. The Bertz CT molecular complexity index is 271. The second-order valence-electron chi connectivity index (χ2n) is 2.12. The lowest BCUT2D eigenvalue weighted by atomic mass is 10.2. The van der Waals surface area contributed by atoms with Crippen molar-refractivity contribution in [2.45, 2.75) is 6.92 Å². The molecule has 57 valence electrons. The molecule has 0 amide bonds. The van der Waals surface area contributed by atoms with E-state index < -0.39 is 5.30 Å². The third-order valence-corrected chi connectivity index (χ3v) is 1.37. The van der Waals surface area contributed by atoms with Gasteiger partial charge in [-0.1, -0.05) is 18.2 Å². The van der Waals surface area contributed by atoms with Gasteiger partial charge in [0.25, 0.3) is 0 Å². The fourth-order valence-corrected chi connectivity index (χ4v) is 0.850. The fraction of sp³-hybridized carbons (Fsp3) is 0.125. The van der Waals surface area contributed by atoms with Crippen molar-refractivity contribution in [1.82, 2.24) is 0 Å². The summed E-state index contributed by atoms with van der Waals surface area (Å²) in [4.78, 5) is 10.4. The molecule has 1 rings (SSSR count). The van der Waals surface area contributed by atoms with Crippen molar-refractivity contribution >= 4 is 17.9 Å². The molecule has 0 saturated carbocycles. The normalized spacial score (nSPS) is 9.18. The first-order valence-electron chi connectivity index (χ1n) is 3.14. The van der Waals surface area contributed by atoms with Gasteiger partial charge < -0.3 is 4.74 Å². The van der Waals surface area contributed by atoms with Crippen LogP contribution in [0.1, 0.15) is 5.56 Å². The van der Waals surface area contributed by atoms with Gasteiger partial charge in [-0.2, -0.15) is 0 Å². The van der Waals surface area contributed by atoms with Gasteiger partial charge in [0, 0.05) is 12.6 Å². The van der Waals surface area contributed by atoms with E-state index >= 15 is 0 Å². The summed E-state index contributed by atoms with van der Waals surface area (Å²) in [5.41, 5.74) is 0.908. The molecule has 0 aromatic heterocycles. The molecule has 0 bridgehead atoms. The minimum absolute atomic E-state index is 0.535. The second kappa shape index (κ2) is 3.34. The Morgan fingerprint density at radius 1 is 1.45 bits per heavy atom. The molecule has 0 N–H and O–H groups in total. The van der Waals surface area contributed by atoms with E-state index in [-0.39, 0.29) is 0 Å². The molecule has 1 aromatic carbocycles. The van der Waals surface area contributed by atoms with E-state index in [9.17, 15) is 4.79 Å². The topological polar surface area (TPSA) is 26.3 Å². The standard InChI is InChI=1S/C8H7O2S/c1-6-4-2-3-5-7(6)10-8(9)11/h2-5H,1H3. The maximum atomic E-state index is 10.4. The average molecular weight is 167 g/mol. The molecule has 0 aliphatic carbocycles. The molecule has 0 heterocycles. The molecule has 0 spiro atoms. The highest BCUT2D eigenvalue weighted by Crippen LogP contribution is 2.16. The molecule has 11 heavy (non-hydrogen) atoms. The second-order valence-corrected chi connectivity index (χ2v) is 2.45. The van der Waals surface area contributed by atoms with Crippen LogP contribution in [0.4, 0.5) is 4.79 Å². The van der Waals surface area contributed by atoms with Crippen molar-refractivity contribution in [2.24, 2.45) is 0 Å². The number of para-hydroxylation sites is 1. The third-order valence-electron chi connectivity index (χ3n) is 1.29. The summed E-state index contributed by atoms with van der Waals surface area (Å²) in [6.07, 6.45) is 0. The van der Waals surface area contributed by atoms with Gasteiger partial charge in [-0.25, -0.2) is 4.79 Å². The number of rotatable bonds is 1. The van der Waals surface area contributed by atoms with Crippen molar-refractivity contribution in [2.75, 3.05) is 0 Å². The largest absolute Gasteiger partial charge is 0.415 e. The first kappa shape index (κ1) is 8.01. The first-order chi connectivity index (χ1) is 5.20. The molecule has 1 aromatic rings. The quantitative estimate of drug-likeness (QED) is 0.601. The van der Waals surface area contributed by atoms with Crippen LogP contribution >= 0.6 is 12.6 Å². The fourth-order valence-electron chi connectivity index (χ4n) is 0.761.